The molecular formula is C19H28N6. The summed E-state index contributed by atoms with van der Waals surface area (Å²) in [6, 6.07) is 10.5. The molecule has 1 unspecified atom stereocenters. The molecule has 134 valence electrons. The van der Waals surface area contributed by atoms with Crippen molar-refractivity contribution < 1.29 is 0 Å². The summed E-state index contributed by atoms with van der Waals surface area (Å²) in [7, 11) is 1.80. The molecule has 1 atom stereocenters. The van der Waals surface area contributed by atoms with Crippen LogP contribution >= 0.6 is 0 Å². The van der Waals surface area contributed by atoms with Crippen LogP contribution in [0.3, 0.4) is 0 Å². The highest BCUT2D eigenvalue weighted by Crippen LogP contribution is 2.14. The Morgan fingerprint density at radius 2 is 2.00 bits per heavy atom. The maximum absolute atomic E-state index is 4.36. The van der Waals surface area contributed by atoms with Gasteiger partial charge in [-0.3, -0.25) is 4.99 Å². The Kier molecular flexibility index (Phi) is 6.04. The monoisotopic (exact) mass is 340 g/mol. The highest BCUT2D eigenvalue weighted by Gasteiger charge is 2.14. The fraction of sp³-hybridized carbons (Fsp3) is 0.526. The molecule has 0 saturated carbocycles. The van der Waals surface area contributed by atoms with Gasteiger partial charge in [0.25, 0.3) is 0 Å². The molecule has 0 radical (unpaired) electrons. The molecule has 2 heterocycles. The van der Waals surface area contributed by atoms with Gasteiger partial charge >= 0.3 is 0 Å². The van der Waals surface area contributed by atoms with E-state index in [0.29, 0.717) is 12.5 Å². The van der Waals surface area contributed by atoms with Crippen molar-refractivity contribution in [1.82, 2.24) is 25.4 Å². The minimum absolute atomic E-state index is 0.420. The van der Waals surface area contributed by atoms with Gasteiger partial charge in [-0.2, -0.15) is 0 Å². The van der Waals surface area contributed by atoms with Gasteiger partial charge in [-0.15, -0.1) is 10.2 Å². The fourth-order valence-corrected chi connectivity index (χ4v) is 3.21. The predicted octanol–water partition coefficient (Wildman–Crippen LogP) is 2.47. The van der Waals surface area contributed by atoms with E-state index < -0.39 is 0 Å². The van der Waals surface area contributed by atoms with E-state index in [1.165, 1.54) is 24.8 Å². The third-order valence-corrected chi connectivity index (χ3v) is 4.77. The molecule has 25 heavy (non-hydrogen) atoms. The average molecular weight is 340 g/mol. The fourth-order valence-electron chi connectivity index (χ4n) is 3.21. The van der Waals surface area contributed by atoms with Crippen LogP contribution in [-0.2, 0) is 19.5 Å². The normalized spacial score (nSPS) is 16.0. The number of fused-ring (bicyclic) bond motifs is 1. The van der Waals surface area contributed by atoms with E-state index in [4.69, 9.17) is 0 Å². The number of rotatable bonds is 5. The van der Waals surface area contributed by atoms with Gasteiger partial charge in [0.2, 0.25) is 0 Å². The number of aromatic nitrogens is 3. The second-order valence-corrected chi connectivity index (χ2v) is 6.61. The van der Waals surface area contributed by atoms with Crippen LogP contribution in [-0.4, -0.2) is 34.3 Å². The molecule has 0 amide bonds. The molecule has 0 spiro atoms. The largest absolute Gasteiger partial charge is 0.356 e. The first-order valence-electron chi connectivity index (χ1n) is 9.18. The molecule has 1 aliphatic rings. The molecule has 6 heteroatoms. The first kappa shape index (κ1) is 17.5. The lowest BCUT2D eigenvalue weighted by Gasteiger charge is -2.16. The number of guanidine groups is 1. The molecule has 0 aliphatic carbocycles. The van der Waals surface area contributed by atoms with Crippen LogP contribution in [0.15, 0.2) is 35.3 Å². The van der Waals surface area contributed by atoms with Gasteiger partial charge in [-0.1, -0.05) is 43.7 Å². The van der Waals surface area contributed by atoms with Crippen LogP contribution in [0.2, 0.25) is 0 Å². The van der Waals surface area contributed by atoms with Gasteiger partial charge in [0.1, 0.15) is 5.82 Å². The van der Waals surface area contributed by atoms with Crippen LogP contribution in [0.4, 0.5) is 0 Å². The number of hydrogen-bond acceptors (Lipinski definition) is 3. The van der Waals surface area contributed by atoms with Crippen LogP contribution in [0.25, 0.3) is 0 Å². The molecule has 2 N–H and O–H groups in total. The Balaban J connectivity index is 1.52. The molecular weight excluding hydrogens is 312 g/mol. The van der Waals surface area contributed by atoms with Gasteiger partial charge in [-0.05, 0) is 24.3 Å². The van der Waals surface area contributed by atoms with Crippen molar-refractivity contribution in [2.24, 2.45) is 4.99 Å². The quantitative estimate of drug-likeness (QED) is 0.648. The standard InChI is InChI=1S/C19H28N6/c1-15(16-9-5-3-6-10-16)13-21-19(20-2)22-14-18-24-23-17-11-7-4-8-12-25(17)18/h3,5-6,9-10,15H,4,7-8,11-14H2,1-2H3,(H2,20,21,22). The van der Waals surface area contributed by atoms with Crippen molar-refractivity contribution in [3.8, 4) is 0 Å². The topological polar surface area (TPSA) is 67.1 Å². The number of aliphatic imine (C=N–C) groups is 1. The van der Waals surface area contributed by atoms with Crippen molar-refractivity contribution in [1.29, 1.82) is 0 Å². The average Bonchev–Trinajstić information content (AvgIpc) is 2.88. The first-order chi connectivity index (χ1) is 12.3. The lowest BCUT2D eigenvalue weighted by Crippen LogP contribution is -2.39. The molecule has 0 fully saturated rings. The van der Waals surface area contributed by atoms with Gasteiger partial charge in [0.15, 0.2) is 11.8 Å². The van der Waals surface area contributed by atoms with E-state index in [9.17, 15) is 0 Å². The van der Waals surface area contributed by atoms with Crippen LogP contribution in [0.5, 0.6) is 0 Å². The Hall–Kier alpha value is -2.37. The Bertz CT molecular complexity index is 691. The highest BCUT2D eigenvalue weighted by atomic mass is 15.3. The number of benzene rings is 1. The third-order valence-electron chi connectivity index (χ3n) is 4.77. The van der Waals surface area contributed by atoms with Crippen LogP contribution < -0.4 is 10.6 Å². The molecule has 2 aromatic rings. The lowest BCUT2D eigenvalue weighted by atomic mass is 10.0. The van der Waals surface area contributed by atoms with Crippen LogP contribution in [0.1, 0.15) is 49.3 Å². The summed E-state index contributed by atoms with van der Waals surface area (Å²) < 4.78 is 2.26. The summed E-state index contributed by atoms with van der Waals surface area (Å²) >= 11 is 0. The van der Waals surface area contributed by atoms with E-state index in [1.54, 1.807) is 7.05 Å². The maximum Gasteiger partial charge on any atom is 0.191 e. The Morgan fingerprint density at radius 1 is 1.16 bits per heavy atom. The van der Waals surface area contributed by atoms with Crippen molar-refractivity contribution in [3.05, 3.63) is 47.5 Å². The van der Waals surface area contributed by atoms with E-state index in [0.717, 1.165) is 37.1 Å². The number of nitrogens with one attached hydrogen (secondary N) is 2. The second kappa shape index (κ2) is 8.65. The molecule has 0 saturated heterocycles. The zero-order valence-corrected chi connectivity index (χ0v) is 15.2. The van der Waals surface area contributed by atoms with Crippen molar-refractivity contribution >= 4 is 5.96 Å². The van der Waals surface area contributed by atoms with E-state index in [2.05, 4.69) is 61.6 Å². The zero-order valence-electron chi connectivity index (χ0n) is 15.2. The predicted molar refractivity (Wildman–Crippen MR) is 101 cm³/mol. The van der Waals surface area contributed by atoms with Crippen LogP contribution in [0, 0.1) is 0 Å². The Labute approximate surface area is 149 Å². The van der Waals surface area contributed by atoms with Crippen molar-refractivity contribution in [2.75, 3.05) is 13.6 Å². The van der Waals surface area contributed by atoms with Crippen molar-refractivity contribution in [2.45, 2.75) is 51.6 Å². The summed E-state index contributed by atoms with van der Waals surface area (Å²) in [6.45, 7) is 4.72. The molecule has 1 aromatic carbocycles. The molecule has 3 rings (SSSR count). The highest BCUT2D eigenvalue weighted by molar-refractivity contribution is 5.79. The van der Waals surface area contributed by atoms with Gasteiger partial charge in [0.05, 0.1) is 6.54 Å². The summed E-state index contributed by atoms with van der Waals surface area (Å²) in [4.78, 5) is 4.32. The second-order valence-electron chi connectivity index (χ2n) is 6.61. The minimum atomic E-state index is 0.420. The maximum atomic E-state index is 4.36. The number of hydrogen-bond donors (Lipinski definition) is 2. The zero-order chi connectivity index (χ0) is 17.5. The molecule has 1 aromatic heterocycles. The van der Waals surface area contributed by atoms with Gasteiger partial charge in [0, 0.05) is 26.6 Å². The summed E-state index contributed by atoms with van der Waals surface area (Å²) in [5.74, 6) is 3.34. The molecule has 6 nitrogen and oxygen atoms in total. The number of aryl methyl sites for hydroxylation is 1. The number of nitrogens with zero attached hydrogens (tertiary/aromatic N) is 4. The van der Waals surface area contributed by atoms with Gasteiger partial charge < -0.3 is 15.2 Å². The van der Waals surface area contributed by atoms with E-state index >= 15 is 0 Å². The lowest BCUT2D eigenvalue weighted by molar-refractivity contribution is 0.595. The van der Waals surface area contributed by atoms with E-state index in [1.807, 2.05) is 6.07 Å². The van der Waals surface area contributed by atoms with Crippen molar-refractivity contribution in [3.63, 3.8) is 0 Å². The smallest absolute Gasteiger partial charge is 0.191 e. The van der Waals surface area contributed by atoms with E-state index in [-0.39, 0.29) is 0 Å². The molecule has 0 bridgehead atoms. The third kappa shape index (κ3) is 4.59. The summed E-state index contributed by atoms with van der Waals surface area (Å²) in [5.41, 5.74) is 1.33. The van der Waals surface area contributed by atoms with Gasteiger partial charge in [-0.25, -0.2) is 0 Å². The summed E-state index contributed by atoms with van der Waals surface area (Å²) in [6.07, 6.45) is 4.73. The SMILES string of the molecule is CN=C(NCc1nnc2n1CCCCC2)NCC(C)c1ccccc1. The summed E-state index contributed by atoms with van der Waals surface area (Å²) in [5, 5.41) is 15.5. The minimum Gasteiger partial charge on any atom is -0.356 e. The first-order valence-corrected chi connectivity index (χ1v) is 9.18. The Morgan fingerprint density at radius 3 is 2.80 bits per heavy atom. The molecule has 1 aliphatic heterocycles.